The summed E-state index contributed by atoms with van der Waals surface area (Å²) in [5.74, 6) is -7.37. The average Bonchev–Trinajstić information content (AvgIpc) is 3.32. The van der Waals surface area contributed by atoms with Gasteiger partial charge >= 0.3 is 41.8 Å². The predicted molar refractivity (Wildman–Crippen MR) is 280 cm³/mol. The van der Waals surface area contributed by atoms with Gasteiger partial charge in [-0.1, -0.05) is 49.0 Å². The second-order valence-electron chi connectivity index (χ2n) is 18.7. The van der Waals surface area contributed by atoms with Gasteiger partial charge in [0.05, 0.1) is 26.2 Å². The lowest BCUT2D eigenvalue weighted by Crippen LogP contribution is -2.53. The highest BCUT2D eigenvalue weighted by molar-refractivity contribution is 9.10. The van der Waals surface area contributed by atoms with Gasteiger partial charge < -0.3 is 51.0 Å². The van der Waals surface area contributed by atoms with Gasteiger partial charge in [-0.15, -0.1) is 0 Å². The van der Waals surface area contributed by atoms with E-state index in [0.717, 1.165) is 34.4 Å². The zero-order chi connectivity index (χ0) is 55.5. The van der Waals surface area contributed by atoms with Crippen LogP contribution in [0.3, 0.4) is 0 Å². The number of aliphatic carboxylic acids is 6. The molecule has 75 heavy (non-hydrogen) atoms. The molecular formula is C50H71BrN8O15S. The number of nitrogens with one attached hydrogen (secondary N) is 2. The number of aromatic nitrogens is 1. The first-order valence-corrected chi connectivity index (χ1v) is 26.0. The number of pyridine rings is 1. The first kappa shape index (κ1) is 63.3. The first-order valence-electron chi connectivity index (χ1n) is 24.8. The fraction of sp³-hybridized carbons (Fsp3) is 0.580. The third-order valence-electron chi connectivity index (χ3n) is 12.5. The number of Topliss-reactive ketones (excluding diaryl/α,β-unsaturated/α-hetero) is 1. The van der Waals surface area contributed by atoms with E-state index >= 15 is 0 Å². The summed E-state index contributed by atoms with van der Waals surface area (Å²) in [6.45, 7) is 1.81. The highest BCUT2D eigenvalue weighted by Gasteiger charge is 2.29. The number of carboxylic acids is 6. The summed E-state index contributed by atoms with van der Waals surface area (Å²) >= 11 is 9.08. The van der Waals surface area contributed by atoms with Gasteiger partial charge in [0.15, 0.2) is 0 Å². The molecule has 1 aliphatic rings. The number of unbranched alkanes of at least 4 members (excludes halogenated alkanes) is 3. The second kappa shape index (κ2) is 33.8. The van der Waals surface area contributed by atoms with Crippen molar-refractivity contribution in [1.29, 1.82) is 0 Å². The minimum absolute atomic E-state index is 0.0135. The van der Waals surface area contributed by atoms with Crippen LogP contribution in [-0.2, 0) is 57.7 Å². The Morgan fingerprint density at radius 2 is 1.16 bits per heavy atom. The van der Waals surface area contributed by atoms with Gasteiger partial charge in [0, 0.05) is 90.4 Å². The third kappa shape index (κ3) is 26.9. The minimum Gasteiger partial charge on any atom is -0.480 e. The maximum Gasteiger partial charge on any atom is 0.326 e. The Bertz CT molecular complexity index is 2240. The molecule has 0 radical (unpaired) electrons. The fourth-order valence-electron chi connectivity index (χ4n) is 8.55. The van der Waals surface area contributed by atoms with Gasteiger partial charge in [0.2, 0.25) is 5.91 Å². The van der Waals surface area contributed by atoms with E-state index in [9.17, 15) is 73.8 Å². The smallest absolute Gasteiger partial charge is 0.326 e. The maximum absolute atomic E-state index is 13.6. The van der Waals surface area contributed by atoms with Crippen LogP contribution in [0.15, 0.2) is 47.2 Å². The van der Waals surface area contributed by atoms with E-state index in [0.29, 0.717) is 49.7 Å². The molecule has 1 saturated heterocycles. The highest BCUT2D eigenvalue weighted by atomic mass is 79.9. The molecule has 1 aromatic carbocycles. The summed E-state index contributed by atoms with van der Waals surface area (Å²) in [4.78, 5) is 122. The van der Waals surface area contributed by atoms with Crippen LogP contribution < -0.4 is 10.6 Å². The van der Waals surface area contributed by atoms with Crippen LogP contribution in [0.2, 0.25) is 0 Å². The van der Waals surface area contributed by atoms with Crippen LogP contribution in [0, 0.1) is 0 Å². The van der Waals surface area contributed by atoms with Gasteiger partial charge in [-0.25, -0.2) is 19.4 Å². The lowest BCUT2D eigenvalue weighted by Gasteiger charge is -2.37. The van der Waals surface area contributed by atoms with Crippen molar-refractivity contribution >= 4 is 86.5 Å². The van der Waals surface area contributed by atoms with Gasteiger partial charge in [-0.3, -0.25) is 43.6 Å². The molecule has 3 atom stereocenters. The molecule has 8 N–H and O–H groups in total. The molecule has 1 aromatic heterocycles. The molecule has 2 aromatic rings. The number of nitrogens with zero attached hydrogens (tertiary/aromatic N) is 6. The first-order chi connectivity index (χ1) is 35.6. The minimum atomic E-state index is -1.38. The normalized spacial score (nSPS) is 16.1. The average molecular weight is 1140 g/mol. The number of thiocarbonyl (C=S) groups is 1. The van der Waals surface area contributed by atoms with Crippen molar-refractivity contribution in [3.05, 3.63) is 63.9 Å². The van der Waals surface area contributed by atoms with E-state index in [2.05, 4.69) is 31.5 Å². The second-order valence-corrected chi connectivity index (χ2v) is 20.1. The standard InChI is InChI=1S/C50H71BrN8O15S/c1-34(60)10-16-41(49(72)73)54-50(74)53-40(48(70)71)8-5-6-18-59(28-37-15-17-42(51)52-27-37)43(61)9-4-2-3-7-39(75)26-36-13-11-35(12-14-36)25-38-29-57(32-46(66)67)22-21-55(30-44(62)63)19-20-56(31-45(64)65)23-24-58(38)33-47(68)69/h11-15,17,27,38,40-41H,2-10,16,18-26,28-33H2,1H3,(H,62,63)(H,64,65)(H,66,67)(H,68,69)(H,70,71)(H,72,73)(H2,53,54,74)/t38?,40-,41-/m0/s1. The fourth-order valence-corrected chi connectivity index (χ4v) is 9.10. The molecule has 23 nitrogen and oxygen atoms in total. The number of carboxylic acid groups (broad SMARTS) is 6. The number of urea groups is 1. The monoisotopic (exact) mass is 1130 g/mol. The Labute approximate surface area is 449 Å². The number of hydrogen-bond acceptors (Lipinski definition) is 15. The van der Waals surface area contributed by atoms with Crippen molar-refractivity contribution < 1.29 is 73.8 Å². The van der Waals surface area contributed by atoms with E-state index in [-0.39, 0.29) is 116 Å². The third-order valence-corrected chi connectivity index (χ3v) is 13.3. The lowest BCUT2D eigenvalue weighted by molar-refractivity contribution is -0.142. The topological polar surface area (TPSA) is 328 Å². The number of amides is 3. The van der Waals surface area contributed by atoms with Gasteiger partial charge in [0.25, 0.3) is 0 Å². The summed E-state index contributed by atoms with van der Waals surface area (Å²) in [6.07, 6.45) is 6.00. The predicted octanol–water partition coefficient (Wildman–Crippen LogP) is 2.95. The lowest BCUT2D eigenvalue weighted by atomic mass is 9.99. The van der Waals surface area contributed by atoms with Crippen LogP contribution in [0.25, 0.3) is 0 Å². The van der Waals surface area contributed by atoms with Crippen LogP contribution >= 0.6 is 28.1 Å². The van der Waals surface area contributed by atoms with Crippen molar-refractivity contribution in [3.63, 3.8) is 0 Å². The van der Waals surface area contributed by atoms with Crippen LogP contribution in [0.4, 0.5) is 4.79 Å². The number of hydrogen-bond donors (Lipinski definition) is 8. The summed E-state index contributed by atoms with van der Waals surface area (Å²) in [7, 11) is 0. The molecule has 2 heterocycles. The zero-order valence-corrected chi connectivity index (χ0v) is 44.7. The van der Waals surface area contributed by atoms with Crippen LogP contribution in [0.5, 0.6) is 0 Å². The Balaban J connectivity index is 1.58. The van der Waals surface area contributed by atoms with Crippen LogP contribution in [-0.4, -0.2) is 215 Å². The summed E-state index contributed by atoms with van der Waals surface area (Å²) in [6, 6.07) is 7.12. The zero-order valence-electron chi connectivity index (χ0n) is 42.3. The number of halogens is 1. The number of carbonyl (C=O) groups is 9. The molecule has 3 rings (SSSR count). The Morgan fingerprint density at radius 1 is 0.640 bits per heavy atom. The van der Waals surface area contributed by atoms with E-state index in [4.69, 9.17) is 12.2 Å². The molecule has 3 amide bonds. The van der Waals surface area contributed by atoms with E-state index in [1.54, 1.807) is 36.8 Å². The summed E-state index contributed by atoms with van der Waals surface area (Å²) in [5, 5.41) is 62.5. The van der Waals surface area contributed by atoms with E-state index in [1.807, 2.05) is 30.3 Å². The molecule has 1 fully saturated rings. The molecule has 0 aliphatic carbocycles. The molecule has 1 unspecified atom stereocenters. The largest absolute Gasteiger partial charge is 0.480 e. The Hall–Kier alpha value is -5.99. The summed E-state index contributed by atoms with van der Waals surface area (Å²) < 4.78 is 0.630. The summed E-state index contributed by atoms with van der Waals surface area (Å²) in [5.41, 5.74) is 2.60. The van der Waals surface area contributed by atoms with Gasteiger partial charge in [0.1, 0.15) is 22.5 Å². The SMILES string of the molecule is CC(=O)CC[C@H](NC(=O)N[C@@H](CCCCN(Cc1ccc(Br)nc1)C(=O)CCCCCC(=S)Cc1ccc(CC2CN(CC(=O)O)CCN(CC(=O)O)CCN(CC(=O)O)CCN2CC(=O)O)cc1)C(=O)O)C(=O)O. The van der Waals surface area contributed by atoms with Gasteiger partial charge in [-0.05, 0) is 102 Å². The highest BCUT2D eigenvalue weighted by Crippen LogP contribution is 2.18. The number of ketones is 1. The van der Waals surface area contributed by atoms with Crippen LogP contribution in [0.1, 0.15) is 87.8 Å². The number of carbonyl (C=O) groups excluding carboxylic acids is 3. The van der Waals surface area contributed by atoms with Crippen molar-refractivity contribution in [3.8, 4) is 0 Å². The Morgan fingerprint density at radius 3 is 1.71 bits per heavy atom. The molecule has 0 saturated carbocycles. The molecule has 0 bridgehead atoms. The Kier molecular flexibility index (Phi) is 28.6. The molecular weight excluding hydrogens is 1060 g/mol. The van der Waals surface area contributed by atoms with E-state index in [1.165, 1.54) is 6.92 Å². The van der Waals surface area contributed by atoms with Crippen molar-refractivity contribution in [2.75, 3.05) is 78.5 Å². The van der Waals surface area contributed by atoms with Gasteiger partial charge in [-0.2, -0.15) is 0 Å². The van der Waals surface area contributed by atoms with E-state index < -0.39 is 60.0 Å². The molecule has 1 aliphatic heterocycles. The maximum atomic E-state index is 13.6. The van der Waals surface area contributed by atoms with Crippen molar-refractivity contribution in [1.82, 2.24) is 40.1 Å². The molecule has 25 heteroatoms. The van der Waals surface area contributed by atoms with Crippen molar-refractivity contribution in [2.24, 2.45) is 0 Å². The van der Waals surface area contributed by atoms with Crippen molar-refractivity contribution in [2.45, 2.75) is 109 Å². The quantitative estimate of drug-likeness (QED) is 0.0297. The molecule has 414 valence electrons. The number of benzene rings is 1. The molecule has 0 spiro atoms. The number of rotatable bonds is 32.